The summed E-state index contributed by atoms with van der Waals surface area (Å²) in [6.07, 6.45) is 0. The molecule has 0 aliphatic heterocycles. The van der Waals surface area contributed by atoms with Crippen LogP contribution in [0.3, 0.4) is 0 Å². The van der Waals surface area contributed by atoms with Crippen LogP contribution in [0.1, 0.15) is 38.4 Å². The first kappa shape index (κ1) is 21.2. The van der Waals surface area contributed by atoms with E-state index >= 15 is 0 Å². The molecule has 2 N–H and O–H groups in total. The van der Waals surface area contributed by atoms with E-state index in [4.69, 9.17) is 0 Å². The number of amides is 2. The fourth-order valence-electron chi connectivity index (χ4n) is 3.61. The largest absolute Gasteiger partial charge is 0.343 e. The van der Waals surface area contributed by atoms with Gasteiger partial charge in [0.15, 0.2) is 0 Å². The van der Waals surface area contributed by atoms with Gasteiger partial charge in [-0.05, 0) is 70.0 Å². The van der Waals surface area contributed by atoms with Crippen LogP contribution in [-0.4, -0.2) is 28.1 Å². The first-order valence-corrected chi connectivity index (χ1v) is 9.65. The van der Waals surface area contributed by atoms with E-state index in [1.807, 2.05) is 32.9 Å². The third kappa shape index (κ3) is 4.40. The quantitative estimate of drug-likeness (QED) is 0.672. The molecule has 1 aromatic heterocycles. The van der Waals surface area contributed by atoms with E-state index < -0.39 is 0 Å². The van der Waals surface area contributed by atoms with E-state index in [2.05, 4.69) is 15.7 Å². The molecule has 0 saturated heterocycles. The molecule has 0 saturated carbocycles. The highest BCUT2D eigenvalue weighted by Crippen LogP contribution is 2.22. The molecular formula is C23H25FN4O2. The van der Waals surface area contributed by atoms with Crippen molar-refractivity contribution in [2.24, 2.45) is 0 Å². The summed E-state index contributed by atoms with van der Waals surface area (Å²) in [5, 5.41) is 9.92. The fourth-order valence-corrected chi connectivity index (χ4v) is 3.61. The summed E-state index contributed by atoms with van der Waals surface area (Å²) in [7, 11) is 0. The van der Waals surface area contributed by atoms with Crippen molar-refractivity contribution in [2.45, 2.75) is 34.6 Å². The number of carbonyl (C=O) groups excluding carboxylic acids is 2. The summed E-state index contributed by atoms with van der Waals surface area (Å²) in [5.74, 6) is -1.03. The Kier molecular flexibility index (Phi) is 6.01. The maximum Gasteiger partial charge on any atom is 0.255 e. The Morgan fingerprint density at radius 2 is 1.60 bits per heavy atom. The van der Waals surface area contributed by atoms with Gasteiger partial charge >= 0.3 is 0 Å². The van der Waals surface area contributed by atoms with Gasteiger partial charge in [-0.15, -0.1) is 0 Å². The predicted molar refractivity (Wildman–Crippen MR) is 115 cm³/mol. The highest BCUT2D eigenvalue weighted by Gasteiger charge is 2.20. The molecule has 6 nitrogen and oxygen atoms in total. The normalized spacial score (nSPS) is 10.7. The van der Waals surface area contributed by atoms with Crippen LogP contribution >= 0.6 is 0 Å². The van der Waals surface area contributed by atoms with Crippen LogP contribution in [-0.2, 0) is 4.79 Å². The van der Waals surface area contributed by atoms with Gasteiger partial charge in [0, 0.05) is 5.69 Å². The van der Waals surface area contributed by atoms with Gasteiger partial charge in [0.05, 0.1) is 29.2 Å². The number of nitrogens with zero attached hydrogens (tertiary/aromatic N) is 2. The first-order chi connectivity index (χ1) is 14.2. The zero-order chi connectivity index (χ0) is 22.0. The zero-order valence-corrected chi connectivity index (χ0v) is 17.8. The molecule has 156 valence electrons. The van der Waals surface area contributed by atoms with Gasteiger partial charge in [0.2, 0.25) is 5.91 Å². The Bertz CT molecular complexity index is 1090. The van der Waals surface area contributed by atoms with Gasteiger partial charge < -0.3 is 10.6 Å². The van der Waals surface area contributed by atoms with E-state index in [0.29, 0.717) is 22.6 Å². The number of benzene rings is 2. The van der Waals surface area contributed by atoms with Gasteiger partial charge in [-0.3, -0.25) is 9.59 Å². The van der Waals surface area contributed by atoms with E-state index in [1.165, 1.54) is 12.1 Å². The Morgan fingerprint density at radius 3 is 2.20 bits per heavy atom. The standard InChI is InChI=1S/C23H25FN4O2/c1-13-10-14(2)22(15(3)11-13)26-20(29)12-25-23(30)21-16(4)27-28(17(21)5)19-8-6-18(24)7-9-19/h6-11H,12H2,1-5H3,(H,25,30)(H,26,29). The molecule has 0 unspecified atom stereocenters. The molecule has 7 heteroatoms. The summed E-state index contributed by atoms with van der Waals surface area (Å²) in [4.78, 5) is 25.1. The Labute approximate surface area is 175 Å². The minimum Gasteiger partial charge on any atom is -0.343 e. The van der Waals surface area contributed by atoms with Crippen molar-refractivity contribution in [3.05, 3.63) is 75.9 Å². The molecule has 0 bridgehead atoms. The Balaban J connectivity index is 1.71. The lowest BCUT2D eigenvalue weighted by Crippen LogP contribution is -2.33. The number of aryl methyl sites for hydroxylation is 4. The molecule has 2 aromatic carbocycles. The number of hydrogen-bond acceptors (Lipinski definition) is 3. The fraction of sp³-hybridized carbons (Fsp3) is 0.261. The second kappa shape index (κ2) is 8.49. The molecule has 0 spiro atoms. The van der Waals surface area contributed by atoms with Crippen LogP contribution in [0.2, 0.25) is 0 Å². The molecule has 30 heavy (non-hydrogen) atoms. The lowest BCUT2D eigenvalue weighted by Gasteiger charge is -2.13. The van der Waals surface area contributed by atoms with Crippen molar-refractivity contribution in [3.63, 3.8) is 0 Å². The number of rotatable bonds is 5. The second-order valence-electron chi connectivity index (χ2n) is 7.44. The van der Waals surface area contributed by atoms with E-state index in [1.54, 1.807) is 30.7 Å². The minimum atomic E-state index is -0.383. The zero-order valence-electron chi connectivity index (χ0n) is 17.8. The van der Waals surface area contributed by atoms with Crippen LogP contribution in [0.5, 0.6) is 0 Å². The highest BCUT2D eigenvalue weighted by molar-refractivity contribution is 6.01. The molecule has 0 atom stereocenters. The van der Waals surface area contributed by atoms with E-state index in [9.17, 15) is 14.0 Å². The SMILES string of the molecule is Cc1cc(C)c(NC(=O)CNC(=O)c2c(C)nn(-c3ccc(F)cc3)c2C)c(C)c1. The number of hydrogen-bond donors (Lipinski definition) is 2. The minimum absolute atomic E-state index is 0.161. The van der Waals surface area contributed by atoms with Crippen LogP contribution < -0.4 is 10.6 Å². The molecule has 0 aliphatic carbocycles. The molecule has 0 radical (unpaired) electrons. The van der Waals surface area contributed by atoms with E-state index in [0.717, 1.165) is 22.4 Å². The smallest absolute Gasteiger partial charge is 0.255 e. The summed E-state index contributed by atoms with van der Waals surface area (Å²) in [5.41, 5.74) is 6.02. The van der Waals surface area contributed by atoms with Crippen molar-refractivity contribution >= 4 is 17.5 Å². The average molecular weight is 408 g/mol. The van der Waals surface area contributed by atoms with E-state index in [-0.39, 0.29) is 24.2 Å². The molecule has 1 heterocycles. The van der Waals surface area contributed by atoms with Gasteiger partial charge in [0.25, 0.3) is 5.91 Å². The third-order valence-electron chi connectivity index (χ3n) is 4.94. The molecule has 0 aliphatic rings. The van der Waals surface area contributed by atoms with Gasteiger partial charge in [-0.2, -0.15) is 5.10 Å². The third-order valence-corrected chi connectivity index (χ3v) is 4.94. The van der Waals surface area contributed by atoms with Crippen molar-refractivity contribution in [3.8, 4) is 5.69 Å². The molecule has 0 fully saturated rings. The van der Waals surface area contributed by atoms with Crippen LogP contribution in [0, 0.1) is 40.4 Å². The highest BCUT2D eigenvalue weighted by atomic mass is 19.1. The number of nitrogens with one attached hydrogen (secondary N) is 2. The topological polar surface area (TPSA) is 76.0 Å². The molecule has 3 rings (SSSR count). The Hall–Kier alpha value is -3.48. The van der Waals surface area contributed by atoms with Crippen LogP contribution in [0.15, 0.2) is 36.4 Å². The molecule has 2 amide bonds. The lowest BCUT2D eigenvalue weighted by atomic mass is 10.1. The summed E-state index contributed by atoms with van der Waals surface area (Å²) in [6.45, 7) is 9.20. The average Bonchev–Trinajstić information content (AvgIpc) is 2.97. The number of aromatic nitrogens is 2. The summed E-state index contributed by atoms with van der Waals surface area (Å²) < 4.78 is 14.8. The van der Waals surface area contributed by atoms with Gasteiger partial charge in [-0.1, -0.05) is 17.7 Å². The summed E-state index contributed by atoms with van der Waals surface area (Å²) in [6, 6.07) is 9.86. The Morgan fingerprint density at radius 1 is 1.00 bits per heavy atom. The maximum absolute atomic E-state index is 13.2. The first-order valence-electron chi connectivity index (χ1n) is 9.65. The maximum atomic E-state index is 13.2. The van der Waals surface area contributed by atoms with Gasteiger partial charge in [0.1, 0.15) is 5.82 Å². The molecular weight excluding hydrogens is 383 g/mol. The van der Waals surface area contributed by atoms with Crippen molar-refractivity contribution in [2.75, 3.05) is 11.9 Å². The number of halogens is 1. The second-order valence-corrected chi connectivity index (χ2v) is 7.44. The predicted octanol–water partition coefficient (Wildman–Crippen LogP) is 3.92. The van der Waals surface area contributed by atoms with Crippen LogP contribution in [0.25, 0.3) is 5.69 Å². The number of anilines is 1. The lowest BCUT2D eigenvalue weighted by molar-refractivity contribution is -0.115. The van der Waals surface area contributed by atoms with Crippen molar-refractivity contribution in [1.82, 2.24) is 15.1 Å². The van der Waals surface area contributed by atoms with Gasteiger partial charge in [-0.25, -0.2) is 9.07 Å². The monoisotopic (exact) mass is 408 g/mol. The number of carbonyl (C=O) groups is 2. The van der Waals surface area contributed by atoms with Crippen LogP contribution in [0.4, 0.5) is 10.1 Å². The molecule has 3 aromatic rings. The summed E-state index contributed by atoms with van der Waals surface area (Å²) >= 11 is 0. The van der Waals surface area contributed by atoms with Crippen molar-refractivity contribution < 1.29 is 14.0 Å². The van der Waals surface area contributed by atoms with Crippen molar-refractivity contribution in [1.29, 1.82) is 0 Å².